The lowest BCUT2D eigenvalue weighted by molar-refractivity contribution is -0.136. The van der Waals surface area contributed by atoms with Crippen LogP contribution in [0.3, 0.4) is 0 Å². The minimum absolute atomic E-state index is 0.0439. The smallest absolute Gasteiger partial charge is 0.315 e. The van der Waals surface area contributed by atoms with Gasteiger partial charge in [0, 0.05) is 26.2 Å². The Morgan fingerprint density at radius 3 is 2.17 bits per heavy atom. The van der Waals surface area contributed by atoms with E-state index in [1.54, 1.807) is 26.0 Å². The lowest BCUT2D eigenvalue weighted by Crippen LogP contribution is -2.36. The molecule has 24 heavy (non-hydrogen) atoms. The molecule has 8 nitrogen and oxygen atoms in total. The molecule has 0 fully saturated rings. The van der Waals surface area contributed by atoms with E-state index in [0.717, 1.165) is 5.56 Å². The van der Waals surface area contributed by atoms with Crippen molar-refractivity contribution >= 4 is 22.0 Å². The second-order valence-corrected chi connectivity index (χ2v) is 6.92. The van der Waals surface area contributed by atoms with Crippen molar-refractivity contribution < 1.29 is 23.1 Å². The van der Waals surface area contributed by atoms with Crippen LogP contribution < -0.4 is 10.6 Å². The maximum Gasteiger partial charge on any atom is 0.315 e. The molecule has 1 aromatic carbocycles. The molecular weight excluding hydrogens is 334 g/mol. The molecule has 0 saturated heterocycles. The zero-order valence-corrected chi connectivity index (χ0v) is 14.6. The molecule has 1 aromatic rings. The van der Waals surface area contributed by atoms with Crippen molar-refractivity contribution in [2.75, 3.05) is 19.6 Å². The molecule has 1 rings (SSSR count). The number of carboxylic acid groups (broad SMARTS) is 1. The number of rotatable bonds is 9. The first kappa shape index (κ1) is 19.9. The van der Waals surface area contributed by atoms with Gasteiger partial charge in [0.05, 0.1) is 11.3 Å². The molecule has 134 valence electrons. The topological polar surface area (TPSA) is 116 Å². The third kappa shape index (κ3) is 5.82. The number of carboxylic acids is 1. The van der Waals surface area contributed by atoms with E-state index in [1.807, 2.05) is 0 Å². The highest BCUT2D eigenvalue weighted by Gasteiger charge is 2.21. The number of urea groups is 1. The van der Waals surface area contributed by atoms with Gasteiger partial charge in [0.15, 0.2) is 0 Å². The SMILES string of the molecule is CCN(CC)S(=O)(=O)c1ccc(CNC(=O)NCCC(=O)O)cc1. The van der Waals surface area contributed by atoms with Gasteiger partial charge < -0.3 is 15.7 Å². The van der Waals surface area contributed by atoms with Gasteiger partial charge in [-0.1, -0.05) is 26.0 Å². The van der Waals surface area contributed by atoms with Gasteiger partial charge in [0.2, 0.25) is 10.0 Å². The van der Waals surface area contributed by atoms with Crippen molar-refractivity contribution in [1.82, 2.24) is 14.9 Å². The zero-order chi connectivity index (χ0) is 18.2. The summed E-state index contributed by atoms with van der Waals surface area (Å²) in [4.78, 5) is 22.0. The summed E-state index contributed by atoms with van der Waals surface area (Å²) in [5.74, 6) is -0.986. The molecule has 0 aromatic heterocycles. The summed E-state index contributed by atoms with van der Waals surface area (Å²) in [6.07, 6.45) is -0.147. The van der Waals surface area contributed by atoms with E-state index < -0.39 is 22.0 Å². The first-order valence-electron chi connectivity index (χ1n) is 7.63. The van der Waals surface area contributed by atoms with Crippen LogP contribution in [0.15, 0.2) is 29.2 Å². The second kappa shape index (κ2) is 9.24. The zero-order valence-electron chi connectivity index (χ0n) is 13.8. The Labute approximate surface area is 141 Å². The van der Waals surface area contributed by atoms with E-state index in [4.69, 9.17) is 5.11 Å². The van der Waals surface area contributed by atoms with Crippen LogP contribution in [0.2, 0.25) is 0 Å². The number of sulfonamides is 1. The van der Waals surface area contributed by atoms with Gasteiger partial charge in [-0.15, -0.1) is 0 Å². The fourth-order valence-electron chi connectivity index (χ4n) is 2.02. The summed E-state index contributed by atoms with van der Waals surface area (Å²) < 4.78 is 26.1. The van der Waals surface area contributed by atoms with E-state index in [0.29, 0.717) is 13.1 Å². The number of carbonyl (C=O) groups is 2. The van der Waals surface area contributed by atoms with Crippen LogP contribution in [0.4, 0.5) is 4.79 Å². The lowest BCUT2D eigenvalue weighted by atomic mass is 10.2. The molecule has 2 amide bonds. The third-order valence-corrected chi connectivity index (χ3v) is 5.41. The number of benzene rings is 1. The number of nitrogens with zero attached hydrogens (tertiary/aromatic N) is 1. The minimum atomic E-state index is -3.49. The van der Waals surface area contributed by atoms with Gasteiger partial charge in [-0.2, -0.15) is 4.31 Å². The monoisotopic (exact) mass is 357 g/mol. The number of aliphatic carboxylic acids is 1. The van der Waals surface area contributed by atoms with E-state index in [-0.39, 0.29) is 24.4 Å². The average Bonchev–Trinajstić information content (AvgIpc) is 2.54. The van der Waals surface area contributed by atoms with Gasteiger partial charge in [-0.25, -0.2) is 13.2 Å². The number of hydrogen-bond donors (Lipinski definition) is 3. The summed E-state index contributed by atoms with van der Waals surface area (Å²) in [6, 6.07) is 5.80. The van der Waals surface area contributed by atoms with Crippen molar-refractivity contribution in [3.8, 4) is 0 Å². The quantitative estimate of drug-likeness (QED) is 0.609. The predicted octanol–water partition coefficient (Wildman–Crippen LogP) is 0.991. The van der Waals surface area contributed by atoms with Crippen LogP contribution in [0.5, 0.6) is 0 Å². The summed E-state index contributed by atoms with van der Waals surface area (Å²) in [5.41, 5.74) is 0.738. The summed E-state index contributed by atoms with van der Waals surface area (Å²) >= 11 is 0. The first-order valence-corrected chi connectivity index (χ1v) is 9.07. The highest BCUT2D eigenvalue weighted by atomic mass is 32.2. The van der Waals surface area contributed by atoms with Crippen LogP contribution in [0.1, 0.15) is 25.8 Å². The normalized spacial score (nSPS) is 11.3. The highest BCUT2D eigenvalue weighted by molar-refractivity contribution is 7.89. The van der Waals surface area contributed by atoms with E-state index >= 15 is 0 Å². The molecular formula is C15H23N3O5S. The van der Waals surface area contributed by atoms with Crippen molar-refractivity contribution in [3.63, 3.8) is 0 Å². The largest absolute Gasteiger partial charge is 0.481 e. The Morgan fingerprint density at radius 1 is 1.08 bits per heavy atom. The van der Waals surface area contributed by atoms with Crippen molar-refractivity contribution in [2.45, 2.75) is 31.7 Å². The number of hydrogen-bond acceptors (Lipinski definition) is 4. The van der Waals surface area contributed by atoms with E-state index in [9.17, 15) is 18.0 Å². The molecule has 0 radical (unpaired) electrons. The van der Waals surface area contributed by atoms with Crippen molar-refractivity contribution in [1.29, 1.82) is 0 Å². The van der Waals surface area contributed by atoms with Crippen LogP contribution in [-0.2, 0) is 21.4 Å². The van der Waals surface area contributed by atoms with Crippen molar-refractivity contribution in [3.05, 3.63) is 29.8 Å². The number of carbonyl (C=O) groups excluding carboxylic acids is 1. The molecule has 0 aliphatic carbocycles. The molecule has 0 saturated carbocycles. The maximum atomic E-state index is 12.3. The molecule has 0 aliphatic heterocycles. The Morgan fingerprint density at radius 2 is 1.67 bits per heavy atom. The Balaban J connectivity index is 2.59. The molecule has 0 bridgehead atoms. The molecule has 9 heteroatoms. The van der Waals surface area contributed by atoms with Gasteiger partial charge in [0.25, 0.3) is 0 Å². The molecule has 0 aliphatic rings. The predicted molar refractivity (Wildman–Crippen MR) is 89.0 cm³/mol. The van der Waals surface area contributed by atoms with Crippen LogP contribution in [-0.4, -0.2) is 49.5 Å². The van der Waals surface area contributed by atoms with Crippen molar-refractivity contribution in [2.24, 2.45) is 0 Å². The summed E-state index contributed by atoms with van der Waals surface area (Å²) in [7, 11) is -3.49. The summed E-state index contributed by atoms with van der Waals surface area (Å²) in [6.45, 7) is 4.62. The Bertz CT molecular complexity index is 654. The Kier molecular flexibility index (Phi) is 7.66. The molecule has 0 spiro atoms. The standard InChI is InChI=1S/C15H23N3O5S/c1-3-18(4-2)24(22,23)13-7-5-12(6-8-13)11-17-15(21)16-10-9-14(19)20/h5-8H,3-4,9-11H2,1-2H3,(H,19,20)(H2,16,17,21). The summed E-state index contributed by atoms with van der Waals surface area (Å²) in [5, 5.41) is 13.5. The van der Waals surface area contributed by atoms with Gasteiger partial charge >= 0.3 is 12.0 Å². The highest BCUT2D eigenvalue weighted by Crippen LogP contribution is 2.16. The average molecular weight is 357 g/mol. The third-order valence-electron chi connectivity index (χ3n) is 3.34. The van der Waals surface area contributed by atoms with Crippen LogP contribution in [0, 0.1) is 0 Å². The van der Waals surface area contributed by atoms with Gasteiger partial charge in [-0.3, -0.25) is 4.79 Å². The minimum Gasteiger partial charge on any atom is -0.481 e. The van der Waals surface area contributed by atoms with Crippen LogP contribution in [0.25, 0.3) is 0 Å². The van der Waals surface area contributed by atoms with Crippen LogP contribution >= 0.6 is 0 Å². The maximum absolute atomic E-state index is 12.3. The molecule has 0 atom stereocenters. The fraction of sp³-hybridized carbons (Fsp3) is 0.467. The lowest BCUT2D eigenvalue weighted by Gasteiger charge is -2.18. The van der Waals surface area contributed by atoms with E-state index in [1.165, 1.54) is 16.4 Å². The second-order valence-electron chi connectivity index (χ2n) is 4.99. The van der Waals surface area contributed by atoms with Gasteiger partial charge in [-0.05, 0) is 17.7 Å². The number of nitrogens with one attached hydrogen (secondary N) is 2. The Hall–Kier alpha value is -2.13. The van der Waals surface area contributed by atoms with Gasteiger partial charge in [0.1, 0.15) is 0 Å². The first-order chi connectivity index (χ1) is 11.3. The molecule has 0 heterocycles. The molecule has 3 N–H and O–H groups in total. The molecule has 0 unspecified atom stereocenters. The van der Waals surface area contributed by atoms with E-state index in [2.05, 4.69) is 10.6 Å². The fourth-order valence-corrected chi connectivity index (χ4v) is 3.48. The number of amides is 2.